The molecule has 0 N–H and O–H groups in total. The van der Waals surface area contributed by atoms with Crippen molar-refractivity contribution in [3.63, 3.8) is 0 Å². The Kier molecular flexibility index (Phi) is 49.5. The molecule has 0 saturated heterocycles. The molecule has 9 nitrogen and oxygen atoms in total. The highest BCUT2D eigenvalue weighted by Crippen LogP contribution is 2.35. The zero-order chi connectivity index (χ0) is 86.0. The van der Waals surface area contributed by atoms with Crippen molar-refractivity contribution < 1.29 is 23.0 Å². The number of rotatable bonds is 20. The number of carbonyl (C=O) groups excluding carboxylic acids is 1. The normalized spacial score (nSPS) is 16.6. The van der Waals surface area contributed by atoms with Gasteiger partial charge in [-0.2, -0.15) is 8.78 Å². The zero-order valence-electron chi connectivity index (χ0n) is 79.8. The van der Waals surface area contributed by atoms with Crippen LogP contribution in [-0.2, 0) is 14.3 Å². The van der Waals surface area contributed by atoms with Gasteiger partial charge < -0.3 is 14.4 Å². The first-order valence-electron chi connectivity index (χ1n) is 44.2. The Bertz CT molecular complexity index is 3060. The van der Waals surface area contributed by atoms with Gasteiger partial charge in [-0.25, -0.2) is 4.90 Å². The molecule has 0 fully saturated rings. The Hall–Kier alpha value is -4.91. The van der Waals surface area contributed by atoms with Crippen LogP contribution in [0.15, 0.2) is 128 Å². The van der Waals surface area contributed by atoms with E-state index < -0.39 is 6.55 Å². The summed E-state index contributed by atoms with van der Waals surface area (Å²) in [5, 5.41) is 0. The molecule has 0 saturated carbocycles. The van der Waals surface area contributed by atoms with Crippen molar-refractivity contribution in [3.8, 4) is 0 Å². The number of amides is 1. The maximum absolute atomic E-state index is 12.5. The summed E-state index contributed by atoms with van der Waals surface area (Å²) >= 11 is 0. The summed E-state index contributed by atoms with van der Waals surface area (Å²) in [5.74, 6) is 11.3. The molecule has 11 heteroatoms. The lowest BCUT2D eigenvalue weighted by molar-refractivity contribution is -0.127. The largest absolute Gasteiger partial charge is 0.377 e. The van der Waals surface area contributed by atoms with Crippen LogP contribution in [0.1, 0.15) is 339 Å². The van der Waals surface area contributed by atoms with Gasteiger partial charge in [0.1, 0.15) is 0 Å². The van der Waals surface area contributed by atoms with Gasteiger partial charge >= 0.3 is 0 Å². The van der Waals surface area contributed by atoms with Gasteiger partial charge in [0.2, 0.25) is 5.91 Å². The standard InChI is InChI=1S/C12H21NO.C12H23N.C12H18.C11H19F2N.C11H21N.2C11H17N.C11H20O.C10H18O/c1-8(2)11-6-13(10(5)14)7-12(11)9(3)4;1-6-13-7-11(9(2)3)12(8-13)10(4)5;1-9(2)11-7-5-6-8-12(11)10(3)4;1-7(2)9-5-14(11(12)13)6-10(9)8(3)4;1-8(2)10-6-12(5)7-11(10)9(3)4;1-8(2)10-5-6-12-7-11(10)9(3)4;1-8(2)10-6-5-7-12-11(10)9(3)4;1-8(2)10-5-6-12-7-11(10)9(3)4;1-7(2)9-5-11-6-10(9)8(3)4/h8-9H,6-7H2,1-5H3;9-10H,6-8H2,1-5H3;5-10H,1-4H3;7-8,11H,5-6H2,1-4H3;8-9H,6-7H2,1-5H3;2*5-9H,1-4H3;8-9H,5-7H2,1-4H3;7-8H,5-6H2,1-4H3. The van der Waals surface area contributed by atoms with Crippen LogP contribution in [-0.4, -0.2) is 134 Å². The highest BCUT2D eigenvalue weighted by molar-refractivity contribution is 5.74. The third-order valence-electron chi connectivity index (χ3n) is 22.8. The number of likely N-dealkylation sites (N-methyl/N-ethyl adjacent to an activating group) is 2. The van der Waals surface area contributed by atoms with Crippen molar-refractivity contribution in [3.05, 3.63) is 161 Å². The van der Waals surface area contributed by atoms with Gasteiger partial charge in [0.15, 0.2) is 0 Å². The quantitative estimate of drug-likeness (QED) is 0.0818. The fraction of sp³-hybridized carbons (Fsp3) is 0.713. The fourth-order valence-corrected chi connectivity index (χ4v) is 15.7. The monoisotopic (exact) mass is 1560 g/mol. The SMILES string of the molecule is CC(=O)N1CC(C(C)C)=C(C(C)C)C1.CC(C)C1=C(C(C)C)CN(C(F)F)C1.CC(C)C1=C(C(C)C)CN(C)C1.CC(C)C1=C(C(C)C)COC1.CC(C)C1=C(C(C)C)COCC1.CC(C)c1ccccc1C(C)C.CC(C)c1cccnc1C(C)C.CC(C)c1ccncc1C(C)C.CCN1CC(C(C)C)=C(C(C)C)C1. The van der Waals surface area contributed by atoms with Gasteiger partial charge in [-0.15, -0.1) is 0 Å². The highest BCUT2D eigenvalue weighted by Gasteiger charge is 2.31. The van der Waals surface area contributed by atoms with Gasteiger partial charge in [0, 0.05) is 83.6 Å². The minimum Gasteiger partial charge on any atom is -0.377 e. The lowest BCUT2D eigenvalue weighted by atomic mass is 9.88. The Morgan fingerprint density at radius 2 is 0.670 bits per heavy atom. The second kappa shape index (κ2) is 52.7. The molecular formula is C101H174F2N6O3. The van der Waals surface area contributed by atoms with Crippen LogP contribution >= 0.6 is 0 Å². The Labute approximate surface area is 691 Å². The number of alkyl halides is 2. The number of carbonyl (C=O) groups is 1. The number of aromatic nitrogens is 2. The van der Waals surface area contributed by atoms with Gasteiger partial charge in [-0.05, 0) is 194 Å². The predicted octanol–water partition coefficient (Wildman–Crippen LogP) is 27.3. The molecule has 9 rings (SSSR count). The maximum Gasteiger partial charge on any atom is 0.295 e. The van der Waals surface area contributed by atoms with E-state index in [9.17, 15) is 13.6 Å². The number of hydrogen-bond acceptors (Lipinski definition) is 8. The second-order valence-electron chi connectivity index (χ2n) is 38.0. The smallest absolute Gasteiger partial charge is 0.295 e. The van der Waals surface area contributed by atoms with E-state index in [1.807, 2.05) is 29.6 Å². The highest BCUT2D eigenvalue weighted by atomic mass is 19.3. The Morgan fingerprint density at radius 1 is 0.357 bits per heavy atom. The summed E-state index contributed by atoms with van der Waals surface area (Å²) in [4.78, 5) is 27.9. The van der Waals surface area contributed by atoms with E-state index in [4.69, 9.17) is 9.47 Å². The van der Waals surface area contributed by atoms with E-state index in [1.54, 1.807) is 34.8 Å². The molecule has 6 aliphatic heterocycles. The molecule has 1 aromatic carbocycles. The number of hydrogen-bond donors (Lipinski definition) is 0. The molecule has 8 heterocycles. The topological polar surface area (TPSA) is 74.3 Å². The van der Waals surface area contributed by atoms with E-state index in [2.05, 4.69) is 319 Å². The zero-order valence-corrected chi connectivity index (χ0v) is 79.8. The number of halogens is 2. The summed E-state index contributed by atoms with van der Waals surface area (Å²) in [5.41, 5.74) is 26.7. The minimum absolute atomic E-state index is 0.193. The first-order valence-corrected chi connectivity index (χ1v) is 44.2. The second-order valence-corrected chi connectivity index (χ2v) is 38.0. The summed E-state index contributed by atoms with van der Waals surface area (Å²) in [7, 11) is 2.21. The molecule has 0 bridgehead atoms. The third kappa shape index (κ3) is 35.5. The van der Waals surface area contributed by atoms with Crippen molar-refractivity contribution >= 4 is 5.91 Å². The molecule has 0 unspecified atom stereocenters. The van der Waals surface area contributed by atoms with Crippen molar-refractivity contribution in [2.24, 2.45) is 71.0 Å². The van der Waals surface area contributed by atoms with Crippen LogP contribution < -0.4 is 0 Å². The molecule has 640 valence electrons. The number of pyridine rings is 2. The molecular weight excluding hydrogens is 1380 g/mol. The fourth-order valence-electron chi connectivity index (χ4n) is 15.7. The first-order chi connectivity index (χ1) is 52.1. The van der Waals surface area contributed by atoms with Crippen LogP contribution in [0.3, 0.4) is 0 Å². The summed E-state index contributed by atoms with van der Waals surface area (Å²) in [6, 6.07) is 15.0. The molecule has 6 aliphatic rings. The van der Waals surface area contributed by atoms with Crippen molar-refractivity contribution in [2.75, 3.05) is 92.4 Å². The van der Waals surface area contributed by atoms with Gasteiger partial charge in [0.05, 0.1) is 26.4 Å². The van der Waals surface area contributed by atoms with Crippen LogP contribution in [0.25, 0.3) is 0 Å². The average Bonchev–Trinajstić information content (AvgIpc) is 1.63. The first kappa shape index (κ1) is 105. The average molecular weight is 1560 g/mol. The van der Waals surface area contributed by atoms with Crippen LogP contribution in [0.2, 0.25) is 0 Å². The Morgan fingerprint density at radius 3 is 0.964 bits per heavy atom. The van der Waals surface area contributed by atoms with Crippen molar-refractivity contribution in [1.29, 1.82) is 0 Å². The minimum atomic E-state index is -2.32. The summed E-state index contributed by atoms with van der Waals surface area (Å²) < 4.78 is 35.9. The van der Waals surface area contributed by atoms with Crippen LogP contribution in [0.4, 0.5) is 8.78 Å². The number of ether oxygens (including phenoxy) is 2. The third-order valence-corrected chi connectivity index (χ3v) is 22.8. The van der Waals surface area contributed by atoms with Gasteiger partial charge in [0.25, 0.3) is 6.55 Å². The Balaban J connectivity index is 0.000000631. The lowest BCUT2D eigenvalue weighted by Crippen LogP contribution is -2.27. The van der Waals surface area contributed by atoms with Crippen LogP contribution in [0.5, 0.6) is 0 Å². The number of benzene rings is 1. The van der Waals surface area contributed by atoms with Gasteiger partial charge in [-0.1, -0.05) is 326 Å². The van der Waals surface area contributed by atoms with Crippen LogP contribution in [0, 0.1) is 71.0 Å². The van der Waals surface area contributed by atoms with E-state index >= 15 is 0 Å². The number of nitrogens with zero attached hydrogens (tertiary/aromatic N) is 6. The molecule has 0 radical (unpaired) electrons. The van der Waals surface area contributed by atoms with E-state index in [-0.39, 0.29) is 5.91 Å². The van der Waals surface area contributed by atoms with Crippen molar-refractivity contribution in [1.82, 2.24) is 29.6 Å². The molecule has 1 amide bonds. The summed E-state index contributed by atoms with van der Waals surface area (Å²) in [6.07, 6.45) is 6.88. The molecule has 0 aliphatic carbocycles. The predicted molar refractivity (Wildman–Crippen MR) is 485 cm³/mol. The molecule has 0 spiro atoms. The lowest BCUT2D eigenvalue weighted by Gasteiger charge is -2.25. The molecule has 2 aromatic heterocycles. The van der Waals surface area contributed by atoms with Gasteiger partial charge in [-0.3, -0.25) is 24.6 Å². The molecule has 3 aromatic rings. The molecule has 112 heavy (non-hydrogen) atoms. The maximum atomic E-state index is 12.5. The van der Waals surface area contributed by atoms with Crippen molar-refractivity contribution in [2.45, 2.75) is 312 Å². The summed E-state index contributed by atoms with van der Waals surface area (Å²) in [6.45, 7) is 94.0. The molecule has 0 atom stereocenters. The van der Waals surface area contributed by atoms with E-state index in [1.165, 1.54) is 110 Å². The van der Waals surface area contributed by atoms with E-state index in [0.717, 1.165) is 69.6 Å². The van der Waals surface area contributed by atoms with E-state index in [0.29, 0.717) is 95.9 Å².